The molecule has 1 aliphatic rings. The third-order valence-electron chi connectivity index (χ3n) is 4.25. The van der Waals surface area contributed by atoms with Crippen molar-refractivity contribution in [1.29, 1.82) is 0 Å². The van der Waals surface area contributed by atoms with E-state index < -0.39 is 7.26 Å². The molecule has 0 fully saturated rings. The van der Waals surface area contributed by atoms with E-state index in [4.69, 9.17) is 4.74 Å². The van der Waals surface area contributed by atoms with Gasteiger partial charge in [-0.05, 0) is 24.3 Å². The summed E-state index contributed by atoms with van der Waals surface area (Å²) >= 11 is 0. The lowest BCUT2D eigenvalue weighted by Gasteiger charge is -2.17. The predicted molar refractivity (Wildman–Crippen MR) is 99.4 cm³/mol. The number of rotatable bonds is 3. The molecule has 3 aromatic rings. The first-order chi connectivity index (χ1) is 11.4. The van der Waals surface area contributed by atoms with Gasteiger partial charge in [0.05, 0.1) is 0 Å². The van der Waals surface area contributed by atoms with Gasteiger partial charge in [-0.25, -0.2) is 0 Å². The Labute approximate surface area is 137 Å². The standard InChI is InChI=1S/C21H18OP/c1-4-10-18(11-5-1)21-16-23(17-22-21,19-12-6-2-7-13-19)20-14-8-3-9-15-20/h1-16H,17H2/q+1. The second-order valence-corrected chi connectivity index (χ2v) is 8.96. The average Bonchev–Trinajstić information content (AvgIpc) is 3.11. The molecule has 0 saturated carbocycles. The topological polar surface area (TPSA) is 9.23 Å². The van der Waals surface area contributed by atoms with E-state index in [-0.39, 0.29) is 0 Å². The molecule has 0 unspecified atom stereocenters. The molecule has 0 N–H and O–H groups in total. The minimum atomic E-state index is -1.66. The van der Waals surface area contributed by atoms with Gasteiger partial charge in [-0.15, -0.1) is 0 Å². The highest BCUT2D eigenvalue weighted by molar-refractivity contribution is 7.92. The summed E-state index contributed by atoms with van der Waals surface area (Å²) in [7, 11) is -1.66. The van der Waals surface area contributed by atoms with Gasteiger partial charge in [0.15, 0.2) is 5.76 Å². The van der Waals surface area contributed by atoms with Gasteiger partial charge in [0.2, 0.25) is 6.35 Å². The van der Waals surface area contributed by atoms with Gasteiger partial charge in [0.1, 0.15) is 23.7 Å². The lowest BCUT2D eigenvalue weighted by atomic mass is 10.2. The maximum atomic E-state index is 6.17. The highest BCUT2D eigenvalue weighted by atomic mass is 31.2. The van der Waals surface area contributed by atoms with Crippen LogP contribution in [0.5, 0.6) is 0 Å². The van der Waals surface area contributed by atoms with Crippen LogP contribution in [0.15, 0.2) is 96.8 Å². The summed E-state index contributed by atoms with van der Waals surface area (Å²) < 4.78 is 6.17. The maximum Gasteiger partial charge on any atom is 0.210 e. The average molecular weight is 317 g/mol. The first-order valence-corrected chi connectivity index (χ1v) is 9.83. The van der Waals surface area contributed by atoms with Gasteiger partial charge in [-0.3, -0.25) is 0 Å². The molecule has 3 aromatic carbocycles. The second-order valence-electron chi connectivity index (χ2n) is 5.67. The molecule has 0 aromatic heterocycles. The molecule has 0 atom stereocenters. The van der Waals surface area contributed by atoms with Crippen LogP contribution in [0.2, 0.25) is 0 Å². The van der Waals surface area contributed by atoms with Gasteiger partial charge in [0, 0.05) is 5.56 Å². The summed E-state index contributed by atoms with van der Waals surface area (Å²) in [5, 5.41) is 2.74. The van der Waals surface area contributed by atoms with E-state index in [0.717, 1.165) is 17.7 Å². The largest absolute Gasteiger partial charge is 0.454 e. The molecule has 112 valence electrons. The fourth-order valence-electron chi connectivity index (χ4n) is 3.04. The number of benzene rings is 3. The number of hydrogen-bond donors (Lipinski definition) is 0. The Morgan fingerprint density at radius 3 is 1.61 bits per heavy atom. The predicted octanol–water partition coefficient (Wildman–Crippen LogP) is 4.64. The monoisotopic (exact) mass is 317 g/mol. The first kappa shape index (κ1) is 14.2. The summed E-state index contributed by atoms with van der Waals surface area (Å²) in [6.07, 6.45) is 0.741. The molecule has 0 bridgehead atoms. The molecule has 0 spiro atoms. The van der Waals surface area contributed by atoms with Crippen LogP contribution in [0.4, 0.5) is 0 Å². The Balaban J connectivity index is 1.87. The smallest absolute Gasteiger partial charge is 0.210 e. The van der Waals surface area contributed by atoms with E-state index >= 15 is 0 Å². The summed E-state index contributed by atoms with van der Waals surface area (Å²) in [5.41, 5.74) is 1.15. The van der Waals surface area contributed by atoms with Gasteiger partial charge < -0.3 is 4.74 Å². The summed E-state index contributed by atoms with van der Waals surface area (Å²) in [6, 6.07) is 31.9. The number of hydrogen-bond acceptors (Lipinski definition) is 1. The van der Waals surface area contributed by atoms with E-state index in [9.17, 15) is 0 Å². The number of ether oxygens (including phenoxy) is 1. The maximum absolute atomic E-state index is 6.17. The Hall–Kier alpha value is -2.37. The minimum absolute atomic E-state index is 0.741. The molecule has 0 aliphatic carbocycles. The normalized spacial score (nSPS) is 15.7. The van der Waals surface area contributed by atoms with Crippen molar-refractivity contribution < 1.29 is 4.74 Å². The van der Waals surface area contributed by atoms with Crippen LogP contribution in [0.1, 0.15) is 5.56 Å². The fraction of sp³-hybridized carbons (Fsp3) is 0.0476. The first-order valence-electron chi connectivity index (χ1n) is 7.79. The zero-order valence-electron chi connectivity index (χ0n) is 12.8. The SMILES string of the molecule is C1=C(c2ccccc2)OC[P+]1(c1ccccc1)c1ccccc1. The molecule has 0 amide bonds. The third-order valence-corrected chi connectivity index (χ3v) is 7.90. The van der Waals surface area contributed by atoms with Gasteiger partial charge in [-0.2, -0.15) is 0 Å². The van der Waals surface area contributed by atoms with Gasteiger partial charge in [0.25, 0.3) is 0 Å². The van der Waals surface area contributed by atoms with Crippen LogP contribution < -0.4 is 10.6 Å². The summed E-state index contributed by atoms with van der Waals surface area (Å²) in [6.45, 7) is 0. The van der Waals surface area contributed by atoms with Crippen molar-refractivity contribution >= 4 is 23.6 Å². The molecule has 0 saturated heterocycles. The van der Waals surface area contributed by atoms with Crippen LogP contribution in [0.25, 0.3) is 5.76 Å². The van der Waals surface area contributed by atoms with Crippen molar-refractivity contribution in [3.8, 4) is 0 Å². The molecule has 1 nitrogen and oxygen atoms in total. The van der Waals surface area contributed by atoms with E-state index in [0.29, 0.717) is 0 Å². The van der Waals surface area contributed by atoms with Crippen molar-refractivity contribution in [2.45, 2.75) is 0 Å². The summed E-state index contributed by atoms with van der Waals surface area (Å²) in [4.78, 5) is 0. The van der Waals surface area contributed by atoms with Crippen LogP contribution in [0, 0.1) is 0 Å². The van der Waals surface area contributed by atoms with Crippen LogP contribution in [-0.4, -0.2) is 6.35 Å². The van der Waals surface area contributed by atoms with Crippen molar-refractivity contribution in [2.75, 3.05) is 6.35 Å². The lowest BCUT2D eigenvalue weighted by Crippen LogP contribution is -2.21. The van der Waals surface area contributed by atoms with E-state index in [1.54, 1.807) is 0 Å². The third kappa shape index (κ3) is 2.58. The highest BCUT2D eigenvalue weighted by Gasteiger charge is 2.47. The Morgan fingerprint density at radius 1 is 0.609 bits per heavy atom. The zero-order valence-corrected chi connectivity index (χ0v) is 13.7. The molecule has 23 heavy (non-hydrogen) atoms. The van der Waals surface area contributed by atoms with Crippen LogP contribution in [-0.2, 0) is 4.74 Å². The van der Waals surface area contributed by atoms with Crippen molar-refractivity contribution in [1.82, 2.24) is 0 Å². The van der Waals surface area contributed by atoms with Crippen molar-refractivity contribution in [2.24, 2.45) is 0 Å². The molecule has 1 heterocycles. The van der Waals surface area contributed by atoms with Crippen molar-refractivity contribution in [3.63, 3.8) is 0 Å². The van der Waals surface area contributed by atoms with Crippen LogP contribution >= 0.6 is 7.26 Å². The summed E-state index contributed by atoms with van der Waals surface area (Å²) in [5.74, 6) is 3.39. The Kier molecular flexibility index (Phi) is 3.73. The van der Waals surface area contributed by atoms with E-state index in [1.807, 2.05) is 6.07 Å². The quantitative estimate of drug-likeness (QED) is 0.639. The van der Waals surface area contributed by atoms with Gasteiger partial charge >= 0.3 is 0 Å². The molecule has 0 radical (unpaired) electrons. The highest BCUT2D eigenvalue weighted by Crippen LogP contribution is 2.63. The molecular weight excluding hydrogens is 299 g/mol. The Morgan fingerprint density at radius 2 is 1.09 bits per heavy atom. The van der Waals surface area contributed by atoms with Crippen LogP contribution in [0.3, 0.4) is 0 Å². The molecular formula is C21H18OP+. The van der Waals surface area contributed by atoms with E-state index in [2.05, 4.69) is 90.7 Å². The fourth-order valence-corrected chi connectivity index (χ4v) is 6.39. The van der Waals surface area contributed by atoms with E-state index in [1.165, 1.54) is 10.6 Å². The molecule has 1 aliphatic heterocycles. The zero-order chi connectivity index (χ0) is 15.5. The van der Waals surface area contributed by atoms with Gasteiger partial charge in [-0.1, -0.05) is 66.7 Å². The minimum Gasteiger partial charge on any atom is -0.454 e. The molecule has 4 rings (SSSR count). The lowest BCUT2D eigenvalue weighted by molar-refractivity contribution is 0.353. The second kappa shape index (κ2) is 6.02. The Bertz CT molecular complexity index is 771. The molecule has 2 heteroatoms. The van der Waals surface area contributed by atoms with Crippen molar-refractivity contribution in [3.05, 3.63) is 102 Å².